The first-order chi connectivity index (χ1) is 12.0. The number of hydrogen-bond acceptors (Lipinski definition) is 4. The number of allylic oxidation sites excluding steroid dienone is 1. The number of nitrogens with zero attached hydrogens (tertiary/aromatic N) is 1. The summed E-state index contributed by atoms with van der Waals surface area (Å²) in [6.07, 6.45) is 1.33. The molecule has 25 heavy (non-hydrogen) atoms. The molecule has 6 heteroatoms. The van der Waals surface area contributed by atoms with E-state index in [4.69, 9.17) is 0 Å². The lowest BCUT2D eigenvalue weighted by molar-refractivity contribution is -0.117. The van der Waals surface area contributed by atoms with Crippen molar-refractivity contribution in [3.63, 3.8) is 0 Å². The molecule has 2 aromatic carbocycles. The molecule has 0 bridgehead atoms. The number of rotatable bonds is 5. The Morgan fingerprint density at radius 2 is 1.64 bits per heavy atom. The van der Waals surface area contributed by atoms with E-state index in [-0.39, 0.29) is 17.4 Å². The Kier molecular flexibility index (Phi) is 6.06. The molecule has 0 saturated heterocycles. The van der Waals surface area contributed by atoms with Crippen LogP contribution in [-0.4, -0.2) is 23.1 Å². The molecule has 3 N–H and O–H groups in total. The highest BCUT2D eigenvalue weighted by molar-refractivity contribution is 6.03. The van der Waals surface area contributed by atoms with Gasteiger partial charge in [0.2, 0.25) is 0 Å². The summed E-state index contributed by atoms with van der Waals surface area (Å²) < 4.78 is 0. The second-order valence-corrected chi connectivity index (χ2v) is 5.45. The van der Waals surface area contributed by atoms with E-state index in [9.17, 15) is 14.7 Å². The standard InChI is InChI=1S/C19H19N3O3/c1-13(2)17(21-18(24)14-8-4-3-5-9-14)19(25)22-20-12-15-10-6-7-11-16(15)23/h3-12,23H,1-2H3,(H,21,24)(H,22,25)/b20-12+. The zero-order valence-corrected chi connectivity index (χ0v) is 14.0. The molecule has 0 aliphatic rings. The molecule has 2 aromatic rings. The van der Waals surface area contributed by atoms with Gasteiger partial charge in [0.25, 0.3) is 11.8 Å². The number of para-hydroxylation sites is 1. The van der Waals surface area contributed by atoms with Crippen molar-refractivity contribution < 1.29 is 14.7 Å². The highest BCUT2D eigenvalue weighted by Crippen LogP contribution is 2.12. The van der Waals surface area contributed by atoms with Crippen molar-refractivity contribution in [2.75, 3.05) is 0 Å². The van der Waals surface area contributed by atoms with Crippen LogP contribution >= 0.6 is 0 Å². The van der Waals surface area contributed by atoms with Crippen molar-refractivity contribution in [3.05, 3.63) is 77.0 Å². The minimum Gasteiger partial charge on any atom is -0.507 e. The summed E-state index contributed by atoms with van der Waals surface area (Å²) in [5.41, 5.74) is 4.03. The molecule has 0 spiro atoms. The Morgan fingerprint density at radius 1 is 1.00 bits per heavy atom. The number of carbonyl (C=O) groups excluding carboxylic acids is 2. The molecule has 0 aromatic heterocycles. The van der Waals surface area contributed by atoms with Gasteiger partial charge in [0.05, 0.1) is 6.21 Å². The van der Waals surface area contributed by atoms with E-state index >= 15 is 0 Å². The van der Waals surface area contributed by atoms with Gasteiger partial charge in [0, 0.05) is 11.1 Å². The first-order valence-electron chi connectivity index (χ1n) is 7.64. The number of phenols is 1. The largest absolute Gasteiger partial charge is 0.507 e. The van der Waals surface area contributed by atoms with E-state index < -0.39 is 5.91 Å². The fourth-order valence-electron chi connectivity index (χ4n) is 2.00. The predicted molar refractivity (Wildman–Crippen MR) is 96.1 cm³/mol. The highest BCUT2D eigenvalue weighted by atomic mass is 16.3. The Bertz CT molecular complexity index is 823. The van der Waals surface area contributed by atoms with Crippen molar-refractivity contribution in [1.29, 1.82) is 0 Å². The first-order valence-corrected chi connectivity index (χ1v) is 7.64. The van der Waals surface area contributed by atoms with Gasteiger partial charge < -0.3 is 10.4 Å². The van der Waals surface area contributed by atoms with Gasteiger partial charge in [0.1, 0.15) is 11.4 Å². The van der Waals surface area contributed by atoms with E-state index in [1.54, 1.807) is 62.4 Å². The fourth-order valence-corrected chi connectivity index (χ4v) is 2.00. The number of nitrogens with one attached hydrogen (secondary N) is 2. The Hall–Kier alpha value is -3.41. The summed E-state index contributed by atoms with van der Waals surface area (Å²) in [5, 5.41) is 16.1. The van der Waals surface area contributed by atoms with Crippen LogP contribution in [0, 0.1) is 0 Å². The molecule has 6 nitrogen and oxygen atoms in total. The third-order valence-electron chi connectivity index (χ3n) is 3.31. The Morgan fingerprint density at radius 3 is 2.28 bits per heavy atom. The molecule has 2 amide bonds. The lowest BCUT2D eigenvalue weighted by Gasteiger charge is -2.10. The van der Waals surface area contributed by atoms with Crippen LogP contribution in [0.1, 0.15) is 29.8 Å². The maximum Gasteiger partial charge on any atom is 0.287 e. The molecule has 0 atom stereocenters. The fraction of sp³-hybridized carbons (Fsp3) is 0.105. The van der Waals surface area contributed by atoms with Crippen LogP contribution in [0.3, 0.4) is 0 Å². The van der Waals surface area contributed by atoms with Crippen molar-refractivity contribution in [1.82, 2.24) is 10.7 Å². The summed E-state index contributed by atoms with van der Waals surface area (Å²) in [4.78, 5) is 24.5. The predicted octanol–water partition coefficient (Wildman–Crippen LogP) is 2.57. The third kappa shape index (κ3) is 5.04. The molecule has 128 valence electrons. The van der Waals surface area contributed by atoms with Crippen molar-refractivity contribution in [2.45, 2.75) is 13.8 Å². The van der Waals surface area contributed by atoms with E-state index in [1.807, 2.05) is 0 Å². The van der Waals surface area contributed by atoms with Crippen molar-refractivity contribution >= 4 is 18.0 Å². The van der Waals surface area contributed by atoms with Gasteiger partial charge in [-0.25, -0.2) is 5.43 Å². The van der Waals surface area contributed by atoms with Gasteiger partial charge >= 0.3 is 0 Å². The molecule has 0 unspecified atom stereocenters. The van der Waals surface area contributed by atoms with E-state index in [2.05, 4.69) is 15.8 Å². The molecular formula is C19H19N3O3. The van der Waals surface area contributed by atoms with Gasteiger partial charge in [0.15, 0.2) is 0 Å². The summed E-state index contributed by atoms with van der Waals surface area (Å²) in [5.74, 6) is -0.868. The van der Waals surface area contributed by atoms with Gasteiger partial charge in [-0.3, -0.25) is 9.59 Å². The van der Waals surface area contributed by atoms with Gasteiger partial charge in [-0.2, -0.15) is 5.10 Å². The second kappa shape index (κ2) is 8.44. The topological polar surface area (TPSA) is 90.8 Å². The number of phenolic OH excluding ortho intramolecular Hbond substituents is 1. The van der Waals surface area contributed by atoms with Crippen LogP contribution in [0.5, 0.6) is 5.75 Å². The van der Waals surface area contributed by atoms with E-state index in [1.165, 1.54) is 12.3 Å². The Balaban J connectivity index is 2.05. The van der Waals surface area contributed by atoms with Crippen LogP contribution in [0.15, 0.2) is 71.0 Å². The van der Waals surface area contributed by atoms with Gasteiger partial charge in [-0.1, -0.05) is 30.3 Å². The minimum atomic E-state index is -0.545. The number of amides is 2. The SMILES string of the molecule is CC(C)=C(NC(=O)c1ccccc1)C(=O)N/N=C/c1ccccc1O. The molecule has 0 heterocycles. The average molecular weight is 337 g/mol. The third-order valence-corrected chi connectivity index (χ3v) is 3.31. The lowest BCUT2D eigenvalue weighted by atomic mass is 10.2. The summed E-state index contributed by atoms with van der Waals surface area (Å²) in [6.45, 7) is 3.43. The summed E-state index contributed by atoms with van der Waals surface area (Å²) >= 11 is 0. The highest BCUT2D eigenvalue weighted by Gasteiger charge is 2.15. The second-order valence-electron chi connectivity index (χ2n) is 5.45. The normalized spacial score (nSPS) is 10.3. The first kappa shape index (κ1) is 17.9. The van der Waals surface area contributed by atoms with Crippen LogP contribution in [0.25, 0.3) is 0 Å². The Labute approximate surface area is 145 Å². The minimum absolute atomic E-state index is 0.0558. The van der Waals surface area contributed by atoms with Crippen LogP contribution in [0.4, 0.5) is 0 Å². The number of benzene rings is 2. The lowest BCUT2D eigenvalue weighted by Crippen LogP contribution is -2.33. The van der Waals surface area contributed by atoms with Crippen LogP contribution < -0.4 is 10.7 Å². The monoisotopic (exact) mass is 337 g/mol. The summed E-state index contributed by atoms with van der Waals surface area (Å²) in [7, 11) is 0. The number of hydrazone groups is 1. The molecule has 0 radical (unpaired) electrons. The van der Waals surface area contributed by atoms with Crippen LogP contribution in [0.2, 0.25) is 0 Å². The molecule has 0 aliphatic carbocycles. The van der Waals surface area contributed by atoms with E-state index in [0.717, 1.165) is 0 Å². The average Bonchev–Trinajstić information content (AvgIpc) is 2.61. The molecule has 2 rings (SSSR count). The van der Waals surface area contributed by atoms with Crippen LogP contribution in [-0.2, 0) is 4.79 Å². The quantitative estimate of drug-likeness (QED) is 0.445. The smallest absolute Gasteiger partial charge is 0.287 e. The molecule has 0 fully saturated rings. The van der Waals surface area contributed by atoms with Gasteiger partial charge in [-0.05, 0) is 43.7 Å². The van der Waals surface area contributed by atoms with E-state index in [0.29, 0.717) is 16.7 Å². The van der Waals surface area contributed by atoms with Crippen molar-refractivity contribution in [3.8, 4) is 5.75 Å². The maximum atomic E-state index is 12.3. The molecule has 0 saturated carbocycles. The number of carbonyl (C=O) groups is 2. The van der Waals surface area contributed by atoms with Gasteiger partial charge in [-0.15, -0.1) is 0 Å². The number of aromatic hydroxyl groups is 1. The zero-order valence-electron chi connectivity index (χ0n) is 14.0. The molecule has 0 aliphatic heterocycles. The van der Waals surface area contributed by atoms with Crippen molar-refractivity contribution in [2.24, 2.45) is 5.10 Å². The maximum absolute atomic E-state index is 12.3. The zero-order chi connectivity index (χ0) is 18.2. The molecular weight excluding hydrogens is 318 g/mol. The summed E-state index contributed by atoms with van der Waals surface area (Å²) in [6, 6.07) is 15.2. The number of hydrogen-bond donors (Lipinski definition) is 3.